The molecule has 1 atom stereocenters. The van der Waals surface area contributed by atoms with Gasteiger partial charge in [-0.05, 0) is 38.0 Å². The number of halogens is 2. The molecule has 154 valence electrons. The molecule has 1 N–H and O–H groups in total. The fraction of sp³-hybridized carbons (Fsp3) is 0.474. The monoisotopic (exact) mass is 437 g/mol. The van der Waals surface area contributed by atoms with E-state index in [0.29, 0.717) is 53.6 Å². The number of benzene rings is 1. The van der Waals surface area contributed by atoms with Crippen LogP contribution in [0, 0.1) is 0 Å². The Morgan fingerprint density at radius 1 is 1.17 bits per heavy atom. The number of carbonyl (C=O) groups is 2. The van der Waals surface area contributed by atoms with Crippen LogP contribution in [0.2, 0.25) is 10.0 Å². The van der Waals surface area contributed by atoms with Crippen molar-refractivity contribution < 1.29 is 14.0 Å². The lowest BCUT2D eigenvalue weighted by Gasteiger charge is -2.36. The molecule has 0 radical (unpaired) electrons. The van der Waals surface area contributed by atoms with Crippen LogP contribution >= 0.6 is 23.2 Å². The molecule has 1 saturated heterocycles. The number of nitrogens with zero attached hydrogens (tertiary/aromatic N) is 4. The Labute approximate surface area is 178 Å². The van der Waals surface area contributed by atoms with Gasteiger partial charge in [-0.2, -0.15) is 0 Å². The average molecular weight is 438 g/mol. The minimum absolute atomic E-state index is 0.125. The van der Waals surface area contributed by atoms with Gasteiger partial charge < -0.3 is 14.6 Å². The van der Waals surface area contributed by atoms with E-state index in [0.717, 1.165) is 12.8 Å². The van der Waals surface area contributed by atoms with Crippen molar-refractivity contribution in [2.45, 2.75) is 31.8 Å². The maximum absolute atomic E-state index is 12.3. The second kappa shape index (κ2) is 8.30. The largest absolute Gasteiger partial charge is 0.419 e. The van der Waals surface area contributed by atoms with Gasteiger partial charge in [-0.1, -0.05) is 23.2 Å². The first-order chi connectivity index (χ1) is 13.9. The van der Waals surface area contributed by atoms with Crippen LogP contribution in [0.25, 0.3) is 11.5 Å². The second-order valence-electron chi connectivity index (χ2n) is 7.32. The van der Waals surface area contributed by atoms with Gasteiger partial charge in [0.15, 0.2) is 0 Å². The lowest BCUT2D eigenvalue weighted by atomic mass is 10.2. The van der Waals surface area contributed by atoms with Gasteiger partial charge in [0, 0.05) is 37.2 Å². The summed E-state index contributed by atoms with van der Waals surface area (Å²) in [5, 5.41) is 12.0. The molecule has 2 aromatic rings. The van der Waals surface area contributed by atoms with Crippen LogP contribution in [0.5, 0.6) is 0 Å². The van der Waals surface area contributed by atoms with Gasteiger partial charge in [0.25, 0.3) is 0 Å². The fourth-order valence-electron chi connectivity index (χ4n) is 3.26. The smallest absolute Gasteiger partial charge is 0.311 e. The quantitative estimate of drug-likeness (QED) is 0.738. The van der Waals surface area contributed by atoms with Crippen LogP contribution in [0.15, 0.2) is 22.6 Å². The Balaban J connectivity index is 1.36. The molecule has 2 amide bonds. The lowest BCUT2D eigenvalue weighted by molar-refractivity contribution is -0.147. The van der Waals surface area contributed by atoms with Gasteiger partial charge in [0.05, 0.1) is 16.6 Å². The van der Waals surface area contributed by atoms with Crippen molar-refractivity contribution in [3.63, 3.8) is 0 Å². The number of hydrogen-bond acceptors (Lipinski definition) is 6. The predicted molar refractivity (Wildman–Crippen MR) is 107 cm³/mol. The highest BCUT2D eigenvalue weighted by molar-refractivity contribution is 6.36. The zero-order valence-corrected chi connectivity index (χ0v) is 17.4. The normalized spacial score (nSPS) is 18.5. The van der Waals surface area contributed by atoms with E-state index in [1.54, 1.807) is 23.1 Å². The van der Waals surface area contributed by atoms with Crippen LogP contribution in [0.4, 0.5) is 0 Å². The zero-order chi connectivity index (χ0) is 20.5. The maximum Gasteiger partial charge on any atom is 0.311 e. The van der Waals surface area contributed by atoms with Crippen LogP contribution < -0.4 is 5.32 Å². The number of nitrogens with one attached hydrogen (secondary N) is 1. The molecular formula is C19H21Cl2N5O3. The Hall–Kier alpha value is -2.16. The molecular weight excluding hydrogens is 417 g/mol. The van der Waals surface area contributed by atoms with E-state index in [1.807, 2.05) is 6.92 Å². The summed E-state index contributed by atoms with van der Waals surface area (Å²) in [6.07, 6.45) is 1.91. The van der Waals surface area contributed by atoms with E-state index >= 15 is 0 Å². The molecule has 1 aliphatic carbocycles. The molecule has 2 heterocycles. The summed E-state index contributed by atoms with van der Waals surface area (Å²) in [5.41, 5.74) is 0.624. The summed E-state index contributed by atoms with van der Waals surface area (Å²) in [5.74, 6) is -0.159. The van der Waals surface area contributed by atoms with Crippen LogP contribution in [-0.2, 0) is 9.59 Å². The predicted octanol–water partition coefficient (Wildman–Crippen LogP) is 2.53. The molecule has 0 unspecified atom stereocenters. The van der Waals surface area contributed by atoms with E-state index < -0.39 is 11.8 Å². The molecule has 1 aliphatic heterocycles. The van der Waals surface area contributed by atoms with E-state index in [1.165, 1.54) is 0 Å². The van der Waals surface area contributed by atoms with E-state index in [4.69, 9.17) is 27.6 Å². The number of carbonyl (C=O) groups excluding carboxylic acids is 2. The molecule has 10 heteroatoms. The molecule has 2 fully saturated rings. The van der Waals surface area contributed by atoms with Gasteiger partial charge in [-0.25, -0.2) is 0 Å². The van der Waals surface area contributed by atoms with Gasteiger partial charge >= 0.3 is 11.8 Å². The van der Waals surface area contributed by atoms with Crippen molar-refractivity contribution in [1.82, 2.24) is 25.3 Å². The third kappa shape index (κ3) is 4.55. The van der Waals surface area contributed by atoms with E-state index in [-0.39, 0.29) is 12.1 Å². The SMILES string of the molecule is C[C@@H](c1nnc(-c2ccc(Cl)cc2Cl)o1)N1CCN(C(=O)C(=O)NC2CC2)CC1. The summed E-state index contributed by atoms with van der Waals surface area (Å²) in [6, 6.07) is 5.13. The summed E-state index contributed by atoms with van der Waals surface area (Å²) in [7, 11) is 0. The highest BCUT2D eigenvalue weighted by Crippen LogP contribution is 2.31. The van der Waals surface area contributed by atoms with Crippen LogP contribution in [-0.4, -0.2) is 64.0 Å². The third-order valence-corrected chi connectivity index (χ3v) is 5.76. The standard InChI is InChI=1S/C19H21Cl2N5O3/c1-11(17-23-24-18(29-17)14-5-2-12(20)10-15(14)21)25-6-8-26(9-7-25)19(28)16(27)22-13-3-4-13/h2,5,10-11,13H,3-4,6-9H2,1H3,(H,22,27)/t11-/m0/s1. The molecule has 0 spiro atoms. The Kier molecular flexibility index (Phi) is 5.76. The molecule has 1 saturated carbocycles. The van der Waals surface area contributed by atoms with Crippen LogP contribution in [0.3, 0.4) is 0 Å². The summed E-state index contributed by atoms with van der Waals surface area (Å²) in [6.45, 7) is 4.15. The minimum Gasteiger partial charge on any atom is -0.419 e. The number of aromatic nitrogens is 2. The molecule has 2 aliphatic rings. The first-order valence-electron chi connectivity index (χ1n) is 9.55. The molecule has 4 rings (SSSR count). The Bertz CT molecular complexity index is 922. The summed E-state index contributed by atoms with van der Waals surface area (Å²) < 4.78 is 5.83. The van der Waals surface area contributed by atoms with Gasteiger partial charge in [0.2, 0.25) is 11.8 Å². The number of rotatable bonds is 4. The highest BCUT2D eigenvalue weighted by Gasteiger charge is 2.32. The summed E-state index contributed by atoms with van der Waals surface area (Å²) >= 11 is 12.1. The van der Waals surface area contributed by atoms with Crippen molar-refractivity contribution in [2.75, 3.05) is 26.2 Å². The van der Waals surface area contributed by atoms with E-state index in [9.17, 15) is 9.59 Å². The van der Waals surface area contributed by atoms with Crippen molar-refractivity contribution in [3.05, 3.63) is 34.1 Å². The fourth-order valence-corrected chi connectivity index (χ4v) is 3.75. The lowest BCUT2D eigenvalue weighted by Crippen LogP contribution is -2.53. The van der Waals surface area contributed by atoms with Crippen molar-refractivity contribution in [2.24, 2.45) is 0 Å². The highest BCUT2D eigenvalue weighted by atomic mass is 35.5. The van der Waals surface area contributed by atoms with Gasteiger partial charge in [-0.15, -0.1) is 10.2 Å². The molecule has 8 nitrogen and oxygen atoms in total. The average Bonchev–Trinajstić information content (AvgIpc) is 3.39. The molecule has 1 aromatic heterocycles. The zero-order valence-electron chi connectivity index (χ0n) is 15.9. The van der Waals surface area contributed by atoms with Crippen molar-refractivity contribution >= 4 is 35.0 Å². The van der Waals surface area contributed by atoms with Crippen LogP contribution in [0.1, 0.15) is 31.7 Å². The first kappa shape index (κ1) is 20.1. The van der Waals surface area contributed by atoms with E-state index in [2.05, 4.69) is 20.4 Å². The Morgan fingerprint density at radius 3 is 2.55 bits per heavy atom. The first-order valence-corrected chi connectivity index (χ1v) is 10.3. The molecule has 29 heavy (non-hydrogen) atoms. The summed E-state index contributed by atoms with van der Waals surface area (Å²) in [4.78, 5) is 27.9. The van der Waals surface area contributed by atoms with Crippen molar-refractivity contribution in [3.8, 4) is 11.5 Å². The van der Waals surface area contributed by atoms with Crippen molar-refractivity contribution in [1.29, 1.82) is 0 Å². The third-order valence-electron chi connectivity index (χ3n) is 5.22. The second-order valence-corrected chi connectivity index (χ2v) is 8.17. The number of hydrogen-bond donors (Lipinski definition) is 1. The minimum atomic E-state index is -0.504. The molecule has 1 aromatic carbocycles. The maximum atomic E-state index is 12.3. The van der Waals surface area contributed by atoms with Gasteiger partial charge in [0.1, 0.15) is 0 Å². The Morgan fingerprint density at radius 2 is 1.90 bits per heavy atom. The topological polar surface area (TPSA) is 91.6 Å². The van der Waals surface area contributed by atoms with Gasteiger partial charge in [-0.3, -0.25) is 14.5 Å². The number of piperazine rings is 1. The number of amides is 2. The molecule has 0 bridgehead atoms.